The molecule has 2 nitrogen and oxygen atoms in total. The Morgan fingerprint density at radius 3 is 1.38 bits per heavy atom. The van der Waals surface area contributed by atoms with E-state index in [1.54, 1.807) is 0 Å². The molecule has 0 N–H and O–H groups in total. The van der Waals surface area contributed by atoms with Crippen LogP contribution in [0.3, 0.4) is 0 Å². The molecule has 0 radical (unpaired) electrons. The van der Waals surface area contributed by atoms with Crippen LogP contribution in [0.2, 0.25) is 0 Å². The van der Waals surface area contributed by atoms with Crippen LogP contribution in [0, 0.1) is 0 Å². The number of hydrogen-bond acceptors (Lipinski definition) is 2. The number of alkyl halides is 2. The van der Waals surface area contributed by atoms with E-state index in [1.807, 2.05) is 60.7 Å². The first-order valence-corrected chi connectivity index (χ1v) is 10.0. The summed E-state index contributed by atoms with van der Waals surface area (Å²) in [5, 5.41) is 0. The molecule has 0 bridgehead atoms. The maximum absolute atomic E-state index is 12.5. The predicted octanol–water partition coefficient (Wildman–Crippen LogP) is 4.33. The van der Waals surface area contributed by atoms with E-state index in [2.05, 4.69) is 31.9 Å². The summed E-state index contributed by atoms with van der Waals surface area (Å²) in [7, 11) is -3.30. The first-order chi connectivity index (χ1) is 10.00. The summed E-state index contributed by atoms with van der Waals surface area (Å²) in [5.74, 6) is 0. The Morgan fingerprint density at radius 1 is 0.714 bits per heavy atom. The van der Waals surface area contributed by atoms with Crippen LogP contribution < -0.4 is 0 Å². The van der Waals surface area contributed by atoms with Crippen molar-refractivity contribution in [1.82, 2.24) is 0 Å². The molecule has 2 unspecified atom stereocenters. The molecule has 0 aliphatic rings. The van der Waals surface area contributed by atoms with Gasteiger partial charge in [0, 0.05) is 0 Å². The van der Waals surface area contributed by atoms with E-state index in [0.717, 1.165) is 11.1 Å². The van der Waals surface area contributed by atoms with Gasteiger partial charge in [-0.25, -0.2) is 8.42 Å². The minimum Gasteiger partial charge on any atom is -0.226 e. The summed E-state index contributed by atoms with van der Waals surface area (Å²) in [6.07, 6.45) is 0.917. The van der Waals surface area contributed by atoms with Crippen molar-refractivity contribution >= 4 is 41.7 Å². The summed E-state index contributed by atoms with van der Waals surface area (Å²) >= 11 is 6.66. The average Bonchev–Trinajstić information content (AvgIpc) is 2.49. The van der Waals surface area contributed by atoms with Gasteiger partial charge in [-0.2, -0.15) is 0 Å². The third kappa shape index (κ3) is 4.66. The fourth-order valence-corrected chi connectivity index (χ4v) is 6.34. The maximum atomic E-state index is 12.5. The van der Waals surface area contributed by atoms with E-state index in [9.17, 15) is 8.42 Å². The largest absolute Gasteiger partial charge is 0.226 e. The fraction of sp³-hybridized carbons (Fsp3) is 0.250. The Kier molecular flexibility index (Phi) is 6.02. The Hall–Kier alpha value is -0.650. The number of hydrogen-bond donors (Lipinski definition) is 0. The van der Waals surface area contributed by atoms with Gasteiger partial charge in [0.15, 0.2) is 9.84 Å². The van der Waals surface area contributed by atoms with Crippen LogP contribution in [0.4, 0.5) is 0 Å². The van der Waals surface area contributed by atoms with Gasteiger partial charge in [-0.15, -0.1) is 0 Å². The van der Waals surface area contributed by atoms with Crippen LogP contribution in [0.1, 0.15) is 11.1 Å². The molecule has 0 fully saturated rings. The zero-order chi connectivity index (χ0) is 15.3. The molecule has 0 aromatic heterocycles. The Balaban J connectivity index is 2.06. The molecular formula is C16H16Br2O2S. The van der Waals surface area contributed by atoms with Crippen molar-refractivity contribution in [3.8, 4) is 0 Å². The van der Waals surface area contributed by atoms with Crippen molar-refractivity contribution in [3.05, 3.63) is 71.8 Å². The summed E-state index contributed by atoms with van der Waals surface area (Å²) in [4.78, 5) is 0. The van der Waals surface area contributed by atoms with E-state index in [-0.39, 0.29) is 0 Å². The predicted molar refractivity (Wildman–Crippen MR) is 94.6 cm³/mol. The lowest BCUT2D eigenvalue weighted by atomic mass is 10.2. The third-order valence-corrected chi connectivity index (χ3v) is 8.72. The van der Waals surface area contributed by atoms with Gasteiger partial charge in [0.1, 0.15) is 8.32 Å². The molecular weight excluding hydrogens is 416 g/mol. The van der Waals surface area contributed by atoms with E-state index in [0.29, 0.717) is 12.8 Å². The van der Waals surface area contributed by atoms with Gasteiger partial charge in [0.25, 0.3) is 0 Å². The molecule has 2 rings (SSSR count). The van der Waals surface area contributed by atoms with E-state index >= 15 is 0 Å². The molecule has 21 heavy (non-hydrogen) atoms. The molecule has 2 aromatic rings. The van der Waals surface area contributed by atoms with Gasteiger partial charge in [-0.05, 0) is 24.0 Å². The highest BCUT2D eigenvalue weighted by molar-refractivity contribution is 9.13. The van der Waals surface area contributed by atoms with E-state index in [4.69, 9.17) is 0 Å². The first kappa shape index (κ1) is 16.7. The lowest BCUT2D eigenvalue weighted by molar-refractivity contribution is 0.590. The minimum absolute atomic E-state index is 0.458. The van der Waals surface area contributed by atoms with Crippen molar-refractivity contribution in [2.45, 2.75) is 21.2 Å². The van der Waals surface area contributed by atoms with Gasteiger partial charge in [0.2, 0.25) is 0 Å². The van der Waals surface area contributed by atoms with E-state index in [1.165, 1.54) is 0 Å². The van der Waals surface area contributed by atoms with Gasteiger partial charge >= 0.3 is 0 Å². The molecule has 0 amide bonds. The fourth-order valence-electron chi connectivity index (χ4n) is 1.99. The molecule has 0 aliphatic heterocycles. The Labute approximate surface area is 142 Å². The zero-order valence-corrected chi connectivity index (χ0v) is 15.3. The Bertz CT molecular complexity index is 604. The monoisotopic (exact) mass is 430 g/mol. The van der Waals surface area contributed by atoms with E-state index < -0.39 is 18.2 Å². The lowest BCUT2D eigenvalue weighted by Crippen LogP contribution is -2.27. The number of rotatable bonds is 6. The van der Waals surface area contributed by atoms with Gasteiger partial charge < -0.3 is 0 Å². The topological polar surface area (TPSA) is 34.1 Å². The van der Waals surface area contributed by atoms with Crippen molar-refractivity contribution < 1.29 is 8.42 Å². The quantitative estimate of drug-likeness (QED) is 0.638. The van der Waals surface area contributed by atoms with Gasteiger partial charge in [0.05, 0.1) is 0 Å². The third-order valence-electron chi connectivity index (χ3n) is 3.19. The standard InChI is InChI=1S/C16H16Br2O2S/c17-15(11-13-7-3-1-4-8-13)21(19,20)16(18)12-14-9-5-2-6-10-14/h1-10,15-16H,11-12H2. The van der Waals surface area contributed by atoms with Gasteiger partial charge in [-0.1, -0.05) is 92.5 Å². The summed E-state index contributed by atoms with van der Waals surface area (Å²) < 4.78 is 23.9. The van der Waals surface area contributed by atoms with Crippen LogP contribution in [-0.4, -0.2) is 16.7 Å². The van der Waals surface area contributed by atoms with Gasteiger partial charge in [-0.3, -0.25) is 0 Å². The molecule has 0 saturated heterocycles. The second-order valence-corrected chi connectivity index (χ2v) is 10.5. The molecule has 112 valence electrons. The van der Waals surface area contributed by atoms with Crippen molar-refractivity contribution in [1.29, 1.82) is 0 Å². The second-order valence-electron chi connectivity index (χ2n) is 4.79. The molecule has 0 heterocycles. The Morgan fingerprint density at radius 2 is 1.05 bits per heavy atom. The summed E-state index contributed by atoms with van der Waals surface area (Å²) in [5.41, 5.74) is 2.00. The number of benzene rings is 2. The van der Waals surface area contributed by atoms with Crippen molar-refractivity contribution in [3.63, 3.8) is 0 Å². The molecule has 0 saturated carbocycles. The van der Waals surface area contributed by atoms with Crippen LogP contribution in [0.25, 0.3) is 0 Å². The average molecular weight is 432 g/mol. The SMILES string of the molecule is O=S(=O)(C(Br)Cc1ccccc1)C(Br)Cc1ccccc1. The minimum atomic E-state index is -3.30. The number of halogens is 2. The first-order valence-electron chi connectivity index (χ1n) is 6.59. The summed E-state index contributed by atoms with van der Waals surface area (Å²) in [6.45, 7) is 0. The number of sulfone groups is 1. The molecule has 2 aromatic carbocycles. The van der Waals surface area contributed by atoms with Crippen LogP contribution in [0.15, 0.2) is 60.7 Å². The molecule has 5 heteroatoms. The molecule has 0 aliphatic carbocycles. The normalized spacial score (nSPS) is 14.6. The van der Waals surface area contributed by atoms with Crippen molar-refractivity contribution in [2.24, 2.45) is 0 Å². The molecule has 0 spiro atoms. The van der Waals surface area contributed by atoms with Crippen molar-refractivity contribution in [2.75, 3.05) is 0 Å². The highest BCUT2D eigenvalue weighted by atomic mass is 79.9. The second kappa shape index (κ2) is 7.56. The smallest absolute Gasteiger partial charge is 0.176 e. The molecule has 2 atom stereocenters. The van der Waals surface area contributed by atoms with Crippen LogP contribution in [-0.2, 0) is 22.7 Å². The highest BCUT2D eigenvalue weighted by Gasteiger charge is 2.30. The van der Waals surface area contributed by atoms with Crippen LogP contribution >= 0.6 is 31.9 Å². The maximum Gasteiger partial charge on any atom is 0.176 e. The van der Waals surface area contributed by atoms with Crippen LogP contribution in [0.5, 0.6) is 0 Å². The summed E-state index contributed by atoms with van der Waals surface area (Å²) in [6, 6.07) is 19.2. The highest BCUT2D eigenvalue weighted by Crippen LogP contribution is 2.26. The zero-order valence-electron chi connectivity index (χ0n) is 11.3. The lowest BCUT2D eigenvalue weighted by Gasteiger charge is -2.16.